The quantitative estimate of drug-likeness (QED) is 0.339. The Morgan fingerprint density at radius 1 is 1.20 bits per heavy atom. The molecule has 0 aliphatic heterocycles. The van der Waals surface area contributed by atoms with Crippen molar-refractivity contribution in [3.8, 4) is 0 Å². The van der Waals surface area contributed by atoms with Gasteiger partial charge < -0.3 is 20.7 Å². The summed E-state index contributed by atoms with van der Waals surface area (Å²) in [5.74, 6) is 1.16. The van der Waals surface area contributed by atoms with Crippen molar-refractivity contribution in [2.24, 2.45) is 4.99 Å². The van der Waals surface area contributed by atoms with E-state index in [0.717, 1.165) is 44.2 Å². The highest BCUT2D eigenvalue weighted by atomic mass is 19.4. The predicted molar refractivity (Wildman–Crippen MR) is 92.8 cm³/mol. The van der Waals surface area contributed by atoms with Crippen LogP contribution in [0.2, 0.25) is 0 Å². The molecule has 0 amide bonds. The first-order chi connectivity index (χ1) is 12.0. The number of pyridine rings is 1. The van der Waals surface area contributed by atoms with Crippen LogP contribution in [-0.2, 0) is 10.9 Å². The van der Waals surface area contributed by atoms with E-state index in [9.17, 15) is 13.2 Å². The third-order valence-corrected chi connectivity index (χ3v) is 3.16. The maximum atomic E-state index is 12.4. The van der Waals surface area contributed by atoms with Crippen molar-refractivity contribution in [3.05, 3.63) is 23.9 Å². The number of aliphatic imine (C=N–C) groups is 1. The lowest BCUT2D eigenvalue weighted by atomic mass is 10.3. The van der Waals surface area contributed by atoms with Gasteiger partial charge in [-0.2, -0.15) is 13.2 Å². The molecule has 3 N–H and O–H groups in total. The van der Waals surface area contributed by atoms with E-state index in [1.54, 1.807) is 7.11 Å². The predicted octanol–water partition coefficient (Wildman–Crippen LogP) is 2.49. The SMILES string of the molecule is CCNC(=NCCCNc1ccc(C(F)(F)F)cn1)NCCCOC. The lowest BCUT2D eigenvalue weighted by Crippen LogP contribution is -2.38. The van der Waals surface area contributed by atoms with Gasteiger partial charge in [0.25, 0.3) is 0 Å². The van der Waals surface area contributed by atoms with Gasteiger partial charge >= 0.3 is 6.18 Å². The third-order valence-electron chi connectivity index (χ3n) is 3.16. The van der Waals surface area contributed by atoms with Gasteiger partial charge in [0, 0.05) is 46.1 Å². The number of methoxy groups -OCH3 is 1. The summed E-state index contributed by atoms with van der Waals surface area (Å²) in [5, 5.41) is 9.34. The Bertz CT molecular complexity index is 505. The van der Waals surface area contributed by atoms with Crippen molar-refractivity contribution in [1.82, 2.24) is 15.6 Å². The zero-order valence-corrected chi connectivity index (χ0v) is 14.6. The molecule has 0 saturated carbocycles. The van der Waals surface area contributed by atoms with Crippen LogP contribution < -0.4 is 16.0 Å². The van der Waals surface area contributed by atoms with Crippen molar-refractivity contribution < 1.29 is 17.9 Å². The van der Waals surface area contributed by atoms with E-state index in [1.807, 2.05) is 6.92 Å². The van der Waals surface area contributed by atoms with Crippen LogP contribution >= 0.6 is 0 Å². The second-order valence-electron chi connectivity index (χ2n) is 5.24. The average molecular weight is 361 g/mol. The number of ether oxygens (including phenoxy) is 1. The van der Waals surface area contributed by atoms with Crippen molar-refractivity contribution in [2.75, 3.05) is 45.2 Å². The number of hydrogen-bond acceptors (Lipinski definition) is 4. The Labute approximate surface area is 146 Å². The number of alkyl halides is 3. The molecule has 1 heterocycles. The fourth-order valence-corrected chi connectivity index (χ4v) is 1.92. The monoisotopic (exact) mass is 361 g/mol. The van der Waals surface area contributed by atoms with Crippen LogP contribution in [0.3, 0.4) is 0 Å². The summed E-state index contributed by atoms with van der Waals surface area (Å²) >= 11 is 0. The maximum absolute atomic E-state index is 12.4. The molecule has 1 aromatic heterocycles. The van der Waals surface area contributed by atoms with Crippen LogP contribution in [0.4, 0.5) is 19.0 Å². The van der Waals surface area contributed by atoms with Gasteiger partial charge in [0.1, 0.15) is 5.82 Å². The molecule has 0 aromatic carbocycles. The van der Waals surface area contributed by atoms with Crippen molar-refractivity contribution in [1.29, 1.82) is 0 Å². The number of rotatable bonds is 10. The summed E-state index contributed by atoms with van der Waals surface area (Å²) in [6.45, 7) is 5.38. The van der Waals surface area contributed by atoms with Gasteiger partial charge in [-0.05, 0) is 31.9 Å². The average Bonchev–Trinajstić information content (AvgIpc) is 2.58. The first-order valence-electron chi connectivity index (χ1n) is 8.25. The molecule has 0 fully saturated rings. The topological polar surface area (TPSA) is 70.6 Å². The molecule has 1 rings (SSSR count). The molecule has 1 aromatic rings. The van der Waals surface area contributed by atoms with E-state index in [2.05, 4.69) is 25.9 Å². The number of halogens is 3. The van der Waals surface area contributed by atoms with E-state index in [0.29, 0.717) is 25.5 Å². The molecule has 0 spiro atoms. The van der Waals surface area contributed by atoms with Crippen LogP contribution in [0.15, 0.2) is 23.3 Å². The molecule has 142 valence electrons. The Hall–Kier alpha value is -2.03. The Morgan fingerprint density at radius 2 is 2.00 bits per heavy atom. The molecule has 0 saturated heterocycles. The van der Waals surface area contributed by atoms with E-state index in [-0.39, 0.29) is 0 Å². The van der Waals surface area contributed by atoms with E-state index in [1.165, 1.54) is 6.07 Å². The van der Waals surface area contributed by atoms with Crippen LogP contribution in [0, 0.1) is 0 Å². The van der Waals surface area contributed by atoms with Gasteiger partial charge in [-0.15, -0.1) is 0 Å². The van der Waals surface area contributed by atoms with Crippen molar-refractivity contribution >= 4 is 11.8 Å². The smallest absolute Gasteiger partial charge is 0.385 e. The number of aromatic nitrogens is 1. The van der Waals surface area contributed by atoms with Crippen LogP contribution in [-0.4, -0.2) is 50.8 Å². The number of nitrogens with zero attached hydrogens (tertiary/aromatic N) is 2. The van der Waals surface area contributed by atoms with Gasteiger partial charge in [0.2, 0.25) is 0 Å². The second-order valence-corrected chi connectivity index (χ2v) is 5.24. The lowest BCUT2D eigenvalue weighted by Gasteiger charge is -2.11. The second kappa shape index (κ2) is 11.5. The first-order valence-corrected chi connectivity index (χ1v) is 8.25. The molecule has 6 nitrogen and oxygen atoms in total. The molecule has 0 atom stereocenters. The number of nitrogens with one attached hydrogen (secondary N) is 3. The van der Waals surface area contributed by atoms with E-state index in [4.69, 9.17) is 4.74 Å². The van der Waals surface area contributed by atoms with E-state index < -0.39 is 11.7 Å². The fraction of sp³-hybridized carbons (Fsp3) is 0.625. The molecule has 9 heteroatoms. The summed E-state index contributed by atoms with van der Waals surface area (Å²) in [6.07, 6.45) is -1.91. The normalized spacial score (nSPS) is 12.1. The molecule has 0 aliphatic rings. The number of hydrogen-bond donors (Lipinski definition) is 3. The zero-order valence-electron chi connectivity index (χ0n) is 14.6. The third kappa shape index (κ3) is 9.13. The van der Waals surface area contributed by atoms with Gasteiger partial charge in [0.05, 0.1) is 5.56 Å². The summed E-state index contributed by atoms with van der Waals surface area (Å²) in [6, 6.07) is 2.34. The van der Waals surface area contributed by atoms with Crippen LogP contribution in [0.5, 0.6) is 0 Å². The Kier molecular flexibility index (Phi) is 9.68. The summed E-state index contributed by atoms with van der Waals surface area (Å²) in [4.78, 5) is 8.19. The summed E-state index contributed by atoms with van der Waals surface area (Å²) in [5.41, 5.74) is -0.752. The van der Waals surface area contributed by atoms with Gasteiger partial charge in [-0.25, -0.2) is 4.98 Å². The van der Waals surface area contributed by atoms with Gasteiger partial charge in [-0.1, -0.05) is 0 Å². The molecular weight excluding hydrogens is 335 g/mol. The highest BCUT2D eigenvalue weighted by Gasteiger charge is 2.30. The standard InChI is InChI=1S/C16H26F3N5O/c1-3-20-15(23-10-5-11-25-2)22-9-4-8-21-14-7-6-13(12-24-14)16(17,18)19/h6-7,12H,3-5,8-11H2,1-2H3,(H,21,24)(H2,20,22,23). The van der Waals surface area contributed by atoms with Gasteiger partial charge in [0.15, 0.2) is 5.96 Å². The largest absolute Gasteiger partial charge is 0.417 e. The lowest BCUT2D eigenvalue weighted by molar-refractivity contribution is -0.137. The van der Waals surface area contributed by atoms with Crippen molar-refractivity contribution in [2.45, 2.75) is 25.9 Å². The molecule has 0 unspecified atom stereocenters. The number of anilines is 1. The molecule has 0 bridgehead atoms. The van der Waals surface area contributed by atoms with Crippen molar-refractivity contribution in [3.63, 3.8) is 0 Å². The van der Waals surface area contributed by atoms with Gasteiger partial charge in [-0.3, -0.25) is 4.99 Å². The Morgan fingerprint density at radius 3 is 2.60 bits per heavy atom. The minimum absolute atomic E-state index is 0.418. The molecule has 0 radical (unpaired) electrons. The Balaban J connectivity index is 2.30. The highest BCUT2D eigenvalue weighted by Crippen LogP contribution is 2.28. The molecule has 25 heavy (non-hydrogen) atoms. The summed E-state index contributed by atoms with van der Waals surface area (Å²) in [7, 11) is 1.66. The fourth-order valence-electron chi connectivity index (χ4n) is 1.92. The number of guanidine groups is 1. The minimum atomic E-state index is -4.36. The first kappa shape index (κ1) is 21.0. The summed E-state index contributed by atoms with van der Waals surface area (Å²) < 4.78 is 42.3. The zero-order chi connectivity index (χ0) is 18.5. The minimum Gasteiger partial charge on any atom is -0.385 e. The highest BCUT2D eigenvalue weighted by molar-refractivity contribution is 5.79. The molecular formula is C16H26F3N5O. The van der Waals surface area contributed by atoms with E-state index >= 15 is 0 Å². The molecule has 0 aliphatic carbocycles. The maximum Gasteiger partial charge on any atom is 0.417 e. The van der Waals surface area contributed by atoms with Crippen LogP contribution in [0.1, 0.15) is 25.3 Å². The van der Waals surface area contributed by atoms with Crippen LogP contribution in [0.25, 0.3) is 0 Å².